The highest BCUT2D eigenvalue weighted by molar-refractivity contribution is 5.08. The van der Waals surface area contributed by atoms with Gasteiger partial charge in [-0.1, -0.05) is 58.2 Å². The minimum Gasteiger partial charge on any atom is -0.367 e. The topological polar surface area (TPSA) is 12.5 Å². The molecule has 31 heavy (non-hydrogen) atoms. The van der Waals surface area contributed by atoms with Gasteiger partial charge in [0.1, 0.15) is 0 Å². The summed E-state index contributed by atoms with van der Waals surface area (Å²) in [6, 6.07) is 0. The fourth-order valence-corrected chi connectivity index (χ4v) is 3.85. The Morgan fingerprint density at radius 3 is 1.32 bits per heavy atom. The largest absolute Gasteiger partial charge is 0.367 e. The van der Waals surface area contributed by atoms with Crippen LogP contribution in [0.2, 0.25) is 0 Å². The number of allylic oxidation sites excluding steroid dienone is 10. The first-order valence-electron chi connectivity index (χ1n) is 12.5. The highest BCUT2D eigenvalue weighted by Gasteiger charge is 2.46. The second kappa shape index (κ2) is 14.7. The third-order valence-corrected chi connectivity index (χ3v) is 6.27. The first kappa shape index (κ1) is 27.7. The molecule has 0 spiro atoms. The maximum absolute atomic E-state index is 5.68. The summed E-state index contributed by atoms with van der Waals surface area (Å²) < 4.78 is 5.68. The van der Waals surface area contributed by atoms with Crippen molar-refractivity contribution in [1.29, 1.82) is 0 Å². The molecule has 176 valence electrons. The molecule has 0 N–H and O–H groups in total. The lowest BCUT2D eigenvalue weighted by Gasteiger charge is -2.03. The van der Waals surface area contributed by atoms with Crippen molar-refractivity contribution in [1.82, 2.24) is 0 Å². The van der Waals surface area contributed by atoms with Gasteiger partial charge in [0.15, 0.2) is 0 Å². The molecule has 0 aromatic rings. The number of hydrogen-bond donors (Lipinski definition) is 0. The molecule has 0 radical (unpaired) electrons. The van der Waals surface area contributed by atoms with Gasteiger partial charge >= 0.3 is 0 Å². The predicted octanol–water partition coefficient (Wildman–Crippen LogP) is 9.82. The Bertz CT molecular complexity index is 677. The zero-order chi connectivity index (χ0) is 23.3. The molecule has 0 saturated carbocycles. The van der Waals surface area contributed by atoms with Crippen LogP contribution in [-0.2, 0) is 4.74 Å². The van der Waals surface area contributed by atoms with E-state index in [1.165, 1.54) is 79.2 Å². The van der Waals surface area contributed by atoms with E-state index in [9.17, 15) is 0 Å². The molecule has 0 aliphatic carbocycles. The van der Waals surface area contributed by atoms with E-state index < -0.39 is 0 Å². The van der Waals surface area contributed by atoms with Crippen LogP contribution in [0.4, 0.5) is 0 Å². The van der Waals surface area contributed by atoms with Crippen LogP contribution >= 0.6 is 0 Å². The van der Waals surface area contributed by atoms with Gasteiger partial charge in [0.25, 0.3) is 0 Å². The number of unbranched alkanes of at least 4 members (excludes halogenated alkanes) is 1. The van der Waals surface area contributed by atoms with Crippen molar-refractivity contribution >= 4 is 0 Å². The summed E-state index contributed by atoms with van der Waals surface area (Å²) in [5.74, 6) is 0. The Kier molecular flexibility index (Phi) is 13.1. The van der Waals surface area contributed by atoms with Gasteiger partial charge in [-0.2, -0.15) is 0 Å². The SMILES string of the molecule is CC(C)=CCC/C(C)=C/CCC(C)=CCC/C=C(\C)CC/C=C(\C)CCC1OC1(C)C. The number of ether oxygens (including phenoxy) is 1. The molecule has 1 aliphatic rings. The lowest BCUT2D eigenvalue weighted by molar-refractivity contribution is 0.320. The summed E-state index contributed by atoms with van der Waals surface area (Å²) in [6.07, 6.45) is 24.3. The molecule has 1 nitrogen and oxygen atoms in total. The molecule has 1 fully saturated rings. The maximum Gasteiger partial charge on any atom is 0.0892 e. The van der Waals surface area contributed by atoms with Gasteiger partial charge in [0.2, 0.25) is 0 Å². The van der Waals surface area contributed by atoms with Gasteiger partial charge in [-0.05, 0) is 120 Å². The van der Waals surface area contributed by atoms with Crippen molar-refractivity contribution in [2.45, 2.75) is 131 Å². The first-order chi connectivity index (χ1) is 14.6. The summed E-state index contributed by atoms with van der Waals surface area (Å²) in [5, 5.41) is 0. The van der Waals surface area contributed by atoms with Crippen LogP contribution in [0.1, 0.15) is 120 Å². The van der Waals surface area contributed by atoms with E-state index >= 15 is 0 Å². The van der Waals surface area contributed by atoms with Crippen molar-refractivity contribution in [3.8, 4) is 0 Å². The van der Waals surface area contributed by atoms with Crippen LogP contribution < -0.4 is 0 Å². The normalized spacial score (nSPS) is 19.5. The van der Waals surface area contributed by atoms with Gasteiger partial charge in [-0.15, -0.1) is 0 Å². The average molecular weight is 427 g/mol. The fraction of sp³-hybridized carbons (Fsp3) is 0.667. The van der Waals surface area contributed by atoms with E-state index in [1.54, 1.807) is 0 Å². The Morgan fingerprint density at radius 1 is 0.581 bits per heavy atom. The quantitative estimate of drug-likeness (QED) is 0.144. The molecule has 0 amide bonds. The molecule has 1 heteroatoms. The van der Waals surface area contributed by atoms with Crippen LogP contribution in [0, 0.1) is 0 Å². The van der Waals surface area contributed by atoms with Crippen molar-refractivity contribution in [3.63, 3.8) is 0 Å². The lowest BCUT2D eigenvalue weighted by Crippen LogP contribution is -2.02. The molecule has 0 aromatic carbocycles. The monoisotopic (exact) mass is 426 g/mol. The number of rotatable bonds is 15. The van der Waals surface area contributed by atoms with E-state index in [1.807, 2.05) is 0 Å². The van der Waals surface area contributed by atoms with Crippen LogP contribution in [0.15, 0.2) is 58.2 Å². The minimum absolute atomic E-state index is 0.132. The van der Waals surface area contributed by atoms with Crippen LogP contribution in [0.25, 0.3) is 0 Å². The molecule has 1 rings (SSSR count). The molecule has 0 bridgehead atoms. The molecule has 1 atom stereocenters. The second-order valence-corrected chi connectivity index (χ2v) is 10.4. The fourth-order valence-electron chi connectivity index (χ4n) is 3.85. The Hall–Kier alpha value is -1.34. The standard InChI is InChI=1S/C30H50O/c1-24(2)14-11-17-27(5)20-12-18-25(3)15-9-10-16-26(4)19-13-21-28(6)22-23-29-30(7,8)31-29/h14-16,20-21,29H,9-13,17-19,22-23H2,1-8H3/b25-15?,26-16+,27-20+,28-21+. The Labute approximate surface area is 194 Å². The average Bonchev–Trinajstić information content (AvgIpc) is 3.30. The predicted molar refractivity (Wildman–Crippen MR) is 140 cm³/mol. The summed E-state index contributed by atoms with van der Waals surface area (Å²) in [7, 11) is 0. The van der Waals surface area contributed by atoms with Gasteiger partial charge in [-0.3, -0.25) is 0 Å². The molecule has 1 aliphatic heterocycles. The number of hydrogen-bond acceptors (Lipinski definition) is 1. The second-order valence-electron chi connectivity index (χ2n) is 10.4. The third kappa shape index (κ3) is 14.4. The van der Waals surface area contributed by atoms with Gasteiger partial charge in [-0.25, -0.2) is 0 Å². The Balaban J connectivity index is 2.15. The zero-order valence-corrected chi connectivity index (χ0v) is 21.9. The zero-order valence-electron chi connectivity index (χ0n) is 21.9. The highest BCUT2D eigenvalue weighted by atomic mass is 16.6. The van der Waals surface area contributed by atoms with Gasteiger partial charge < -0.3 is 4.74 Å². The third-order valence-electron chi connectivity index (χ3n) is 6.27. The van der Waals surface area contributed by atoms with E-state index in [0.29, 0.717) is 6.10 Å². The minimum atomic E-state index is 0.132. The van der Waals surface area contributed by atoms with Gasteiger partial charge in [0, 0.05) is 0 Å². The number of epoxide rings is 1. The van der Waals surface area contributed by atoms with Crippen molar-refractivity contribution in [2.24, 2.45) is 0 Å². The van der Waals surface area contributed by atoms with Crippen LogP contribution in [0.3, 0.4) is 0 Å². The van der Waals surface area contributed by atoms with Gasteiger partial charge in [0.05, 0.1) is 11.7 Å². The summed E-state index contributed by atoms with van der Waals surface area (Å²) >= 11 is 0. The van der Waals surface area contributed by atoms with E-state index in [4.69, 9.17) is 4.74 Å². The van der Waals surface area contributed by atoms with E-state index in [2.05, 4.69) is 85.8 Å². The molecular formula is C30H50O. The molecule has 1 saturated heterocycles. The summed E-state index contributed by atoms with van der Waals surface area (Å²) in [6.45, 7) is 17.8. The van der Waals surface area contributed by atoms with Crippen molar-refractivity contribution in [2.75, 3.05) is 0 Å². The summed E-state index contributed by atoms with van der Waals surface area (Å²) in [4.78, 5) is 0. The van der Waals surface area contributed by atoms with Crippen molar-refractivity contribution < 1.29 is 4.74 Å². The first-order valence-corrected chi connectivity index (χ1v) is 12.5. The highest BCUT2D eigenvalue weighted by Crippen LogP contribution is 2.38. The van der Waals surface area contributed by atoms with Crippen LogP contribution in [-0.4, -0.2) is 11.7 Å². The molecule has 0 aromatic heterocycles. The maximum atomic E-state index is 5.68. The Morgan fingerprint density at radius 2 is 0.935 bits per heavy atom. The lowest BCUT2D eigenvalue weighted by atomic mass is 10.0. The van der Waals surface area contributed by atoms with E-state index in [-0.39, 0.29) is 5.60 Å². The summed E-state index contributed by atoms with van der Waals surface area (Å²) in [5.41, 5.74) is 7.65. The molecule has 1 heterocycles. The molecule has 1 unspecified atom stereocenters. The smallest absolute Gasteiger partial charge is 0.0892 e. The van der Waals surface area contributed by atoms with E-state index in [0.717, 1.165) is 12.8 Å². The molecular weight excluding hydrogens is 376 g/mol. The van der Waals surface area contributed by atoms with Crippen LogP contribution in [0.5, 0.6) is 0 Å². The van der Waals surface area contributed by atoms with Crippen molar-refractivity contribution in [3.05, 3.63) is 58.2 Å².